The van der Waals surface area contributed by atoms with E-state index in [1.807, 2.05) is 17.5 Å². The maximum atomic E-state index is 11.8. The summed E-state index contributed by atoms with van der Waals surface area (Å²) in [4.78, 5) is 16.6. The lowest BCUT2D eigenvalue weighted by molar-refractivity contribution is 0.103. The van der Waals surface area contributed by atoms with Crippen LogP contribution in [0.25, 0.3) is 0 Å². The third kappa shape index (κ3) is 1.69. The lowest BCUT2D eigenvalue weighted by atomic mass is 10.3. The minimum absolute atomic E-state index is 0.00208. The summed E-state index contributed by atoms with van der Waals surface area (Å²) < 4.78 is 0. The Morgan fingerprint density at radius 3 is 2.93 bits per heavy atom. The summed E-state index contributed by atoms with van der Waals surface area (Å²) in [5.41, 5.74) is 0.516. The molecule has 0 radical (unpaired) electrons. The second-order valence-electron chi connectivity index (χ2n) is 2.59. The molecule has 0 bridgehead atoms. The number of carbonyl (C=O) groups is 1. The minimum Gasteiger partial charge on any atom is -0.365 e. The molecule has 0 unspecified atom stereocenters. The van der Waals surface area contributed by atoms with Crippen molar-refractivity contribution >= 4 is 33.6 Å². The molecule has 0 aromatic carbocycles. The molecule has 0 spiro atoms. The van der Waals surface area contributed by atoms with E-state index in [9.17, 15) is 4.79 Å². The highest BCUT2D eigenvalue weighted by Crippen LogP contribution is 2.19. The van der Waals surface area contributed by atoms with Crippen LogP contribution < -0.4 is 5.32 Å². The number of anilines is 1. The van der Waals surface area contributed by atoms with Crippen molar-refractivity contribution in [3.63, 3.8) is 0 Å². The highest BCUT2D eigenvalue weighted by molar-refractivity contribution is 7.14. The Morgan fingerprint density at radius 1 is 1.50 bits per heavy atom. The van der Waals surface area contributed by atoms with Crippen molar-refractivity contribution < 1.29 is 4.79 Å². The number of thiazole rings is 1. The molecule has 0 atom stereocenters. The standard InChI is InChI=1S/C9H8N2OS2/c1-10-9-11-6(5-14-9)8(12)7-3-2-4-13-7/h2-5H,1H3,(H,10,11). The van der Waals surface area contributed by atoms with Crippen molar-refractivity contribution in [2.75, 3.05) is 12.4 Å². The van der Waals surface area contributed by atoms with E-state index < -0.39 is 0 Å². The number of thiophene rings is 1. The summed E-state index contributed by atoms with van der Waals surface area (Å²) in [6.07, 6.45) is 0. The zero-order valence-electron chi connectivity index (χ0n) is 7.48. The van der Waals surface area contributed by atoms with Crippen molar-refractivity contribution in [3.05, 3.63) is 33.5 Å². The van der Waals surface area contributed by atoms with Gasteiger partial charge in [-0.15, -0.1) is 22.7 Å². The average Bonchev–Trinajstić information content (AvgIpc) is 2.88. The predicted octanol–water partition coefficient (Wildman–Crippen LogP) is 2.48. The van der Waals surface area contributed by atoms with E-state index in [0.717, 1.165) is 10.0 Å². The number of nitrogens with zero attached hydrogens (tertiary/aromatic N) is 1. The Balaban J connectivity index is 2.28. The zero-order valence-corrected chi connectivity index (χ0v) is 9.11. The topological polar surface area (TPSA) is 42.0 Å². The SMILES string of the molecule is CNc1nc(C(=O)c2cccs2)cs1. The van der Waals surface area contributed by atoms with Crippen LogP contribution in [-0.4, -0.2) is 17.8 Å². The number of hydrogen-bond acceptors (Lipinski definition) is 5. The van der Waals surface area contributed by atoms with Gasteiger partial charge in [0.25, 0.3) is 0 Å². The van der Waals surface area contributed by atoms with E-state index in [-0.39, 0.29) is 5.78 Å². The highest BCUT2D eigenvalue weighted by Gasteiger charge is 2.13. The highest BCUT2D eigenvalue weighted by atomic mass is 32.1. The van der Waals surface area contributed by atoms with Crippen LogP contribution in [0.4, 0.5) is 5.13 Å². The number of ketones is 1. The number of aromatic nitrogens is 1. The second kappa shape index (κ2) is 3.89. The second-order valence-corrected chi connectivity index (χ2v) is 4.40. The Labute approximate surface area is 89.4 Å². The molecule has 2 aromatic rings. The molecule has 72 valence electrons. The predicted molar refractivity (Wildman–Crippen MR) is 59.4 cm³/mol. The van der Waals surface area contributed by atoms with Crippen LogP contribution >= 0.6 is 22.7 Å². The molecule has 0 saturated heterocycles. The lowest BCUT2D eigenvalue weighted by Gasteiger charge is -1.91. The van der Waals surface area contributed by atoms with Crippen LogP contribution in [-0.2, 0) is 0 Å². The van der Waals surface area contributed by atoms with Crippen LogP contribution in [0.1, 0.15) is 15.4 Å². The van der Waals surface area contributed by atoms with Crippen LogP contribution in [0, 0.1) is 0 Å². The van der Waals surface area contributed by atoms with E-state index >= 15 is 0 Å². The van der Waals surface area contributed by atoms with Gasteiger partial charge < -0.3 is 5.32 Å². The molecular formula is C9H8N2OS2. The smallest absolute Gasteiger partial charge is 0.222 e. The molecular weight excluding hydrogens is 216 g/mol. The number of carbonyl (C=O) groups excluding carboxylic acids is 1. The van der Waals surface area contributed by atoms with Crippen molar-refractivity contribution in [3.8, 4) is 0 Å². The fourth-order valence-electron chi connectivity index (χ4n) is 1.03. The number of nitrogens with one attached hydrogen (secondary N) is 1. The van der Waals surface area contributed by atoms with E-state index in [1.54, 1.807) is 12.4 Å². The first kappa shape index (κ1) is 9.36. The first-order valence-electron chi connectivity index (χ1n) is 4.03. The first-order valence-corrected chi connectivity index (χ1v) is 5.78. The molecule has 0 amide bonds. The van der Waals surface area contributed by atoms with Gasteiger partial charge in [0.2, 0.25) is 5.78 Å². The molecule has 0 fully saturated rings. The molecule has 1 N–H and O–H groups in total. The van der Waals surface area contributed by atoms with Crippen LogP contribution in [0.3, 0.4) is 0 Å². The quantitative estimate of drug-likeness (QED) is 0.814. The normalized spacial score (nSPS) is 10.1. The molecule has 5 heteroatoms. The Bertz CT molecular complexity index is 433. The largest absolute Gasteiger partial charge is 0.365 e. The van der Waals surface area contributed by atoms with Gasteiger partial charge in [-0.1, -0.05) is 6.07 Å². The molecule has 0 aliphatic rings. The molecule has 2 aromatic heterocycles. The van der Waals surface area contributed by atoms with Crippen molar-refractivity contribution in [2.24, 2.45) is 0 Å². The van der Waals surface area contributed by atoms with Crippen LogP contribution in [0.5, 0.6) is 0 Å². The summed E-state index contributed by atoms with van der Waals surface area (Å²) >= 11 is 2.87. The molecule has 0 aliphatic carbocycles. The Kier molecular flexibility index (Phi) is 2.60. The van der Waals surface area contributed by atoms with E-state index in [0.29, 0.717) is 5.69 Å². The summed E-state index contributed by atoms with van der Waals surface area (Å²) in [6, 6.07) is 3.68. The van der Waals surface area contributed by atoms with E-state index in [2.05, 4.69) is 10.3 Å². The van der Waals surface area contributed by atoms with E-state index in [1.165, 1.54) is 22.7 Å². The van der Waals surface area contributed by atoms with Gasteiger partial charge in [-0.05, 0) is 11.4 Å². The van der Waals surface area contributed by atoms with Gasteiger partial charge in [-0.2, -0.15) is 0 Å². The maximum Gasteiger partial charge on any atom is 0.222 e. The fourth-order valence-corrected chi connectivity index (χ4v) is 2.35. The molecule has 14 heavy (non-hydrogen) atoms. The average molecular weight is 224 g/mol. The first-order chi connectivity index (χ1) is 6.81. The zero-order chi connectivity index (χ0) is 9.97. The Hall–Kier alpha value is -1.20. The number of rotatable bonds is 3. The third-order valence-corrected chi connectivity index (χ3v) is 3.42. The maximum absolute atomic E-state index is 11.8. The van der Waals surface area contributed by atoms with Crippen LogP contribution in [0.2, 0.25) is 0 Å². The van der Waals surface area contributed by atoms with Crippen molar-refractivity contribution in [1.29, 1.82) is 0 Å². The van der Waals surface area contributed by atoms with Crippen molar-refractivity contribution in [1.82, 2.24) is 4.98 Å². The van der Waals surface area contributed by atoms with Gasteiger partial charge in [-0.25, -0.2) is 4.98 Å². The summed E-state index contributed by atoms with van der Waals surface area (Å²) in [5, 5.41) is 7.33. The molecule has 0 saturated carbocycles. The van der Waals surface area contributed by atoms with Gasteiger partial charge in [0.15, 0.2) is 5.13 Å². The third-order valence-electron chi connectivity index (χ3n) is 1.70. The van der Waals surface area contributed by atoms with Crippen LogP contribution in [0.15, 0.2) is 22.9 Å². The van der Waals surface area contributed by atoms with Crippen molar-refractivity contribution in [2.45, 2.75) is 0 Å². The molecule has 2 rings (SSSR count). The van der Waals surface area contributed by atoms with Gasteiger partial charge in [-0.3, -0.25) is 4.79 Å². The minimum atomic E-state index is -0.00208. The van der Waals surface area contributed by atoms with E-state index in [4.69, 9.17) is 0 Å². The van der Waals surface area contributed by atoms with Gasteiger partial charge in [0.05, 0.1) is 4.88 Å². The summed E-state index contributed by atoms with van der Waals surface area (Å²) in [5.74, 6) is -0.00208. The molecule has 0 aliphatic heterocycles. The summed E-state index contributed by atoms with van der Waals surface area (Å²) in [6.45, 7) is 0. The Morgan fingerprint density at radius 2 is 2.36 bits per heavy atom. The monoisotopic (exact) mass is 224 g/mol. The van der Waals surface area contributed by atoms with Gasteiger partial charge in [0, 0.05) is 12.4 Å². The van der Waals surface area contributed by atoms with Gasteiger partial charge >= 0.3 is 0 Å². The summed E-state index contributed by atoms with van der Waals surface area (Å²) in [7, 11) is 1.79. The van der Waals surface area contributed by atoms with Gasteiger partial charge in [0.1, 0.15) is 5.69 Å². The molecule has 2 heterocycles. The lowest BCUT2D eigenvalue weighted by Crippen LogP contribution is -1.99. The molecule has 3 nitrogen and oxygen atoms in total. The number of hydrogen-bond donors (Lipinski definition) is 1. The fraction of sp³-hybridized carbons (Fsp3) is 0.111.